The summed E-state index contributed by atoms with van der Waals surface area (Å²) in [4.78, 5) is 0. The number of para-hydroxylation sites is 1. The van der Waals surface area contributed by atoms with Gasteiger partial charge in [0.25, 0.3) is 0 Å². The molecular formula is C14H10F2O2. The molecule has 2 nitrogen and oxygen atoms in total. The van der Waals surface area contributed by atoms with Crippen LogP contribution in [0.25, 0.3) is 21.9 Å². The maximum Gasteiger partial charge on any atom is 0.208 e. The maximum absolute atomic E-state index is 14.1. The van der Waals surface area contributed by atoms with Crippen LogP contribution in [0.5, 0.6) is 5.75 Å². The predicted octanol–water partition coefficient (Wildman–Crippen LogP) is 4.26. The van der Waals surface area contributed by atoms with Gasteiger partial charge in [-0.05, 0) is 25.1 Å². The van der Waals surface area contributed by atoms with Gasteiger partial charge in [0.05, 0.1) is 7.98 Å². The lowest BCUT2D eigenvalue weighted by Gasteiger charge is -2.03. The Kier molecular flexibility index (Phi) is 2.18. The smallest absolute Gasteiger partial charge is 0.208 e. The minimum atomic E-state index is -0.786. The normalized spacial score (nSPS) is 12.1. The summed E-state index contributed by atoms with van der Waals surface area (Å²) in [5, 5.41) is 0.917. The predicted molar refractivity (Wildman–Crippen MR) is 64.8 cm³/mol. The molecule has 0 saturated heterocycles. The Bertz CT molecular complexity index is 780. The van der Waals surface area contributed by atoms with Crippen LogP contribution < -0.4 is 4.74 Å². The van der Waals surface area contributed by atoms with Crippen molar-refractivity contribution in [3.63, 3.8) is 0 Å². The highest BCUT2D eigenvalue weighted by atomic mass is 19.1. The molecule has 0 saturated carbocycles. The Balaban J connectivity index is 2.39. The number of ether oxygens (including phenoxy) is 1. The van der Waals surface area contributed by atoms with Crippen molar-refractivity contribution in [1.29, 1.82) is 0 Å². The Morgan fingerprint density at radius 2 is 2.00 bits per heavy atom. The van der Waals surface area contributed by atoms with Crippen LogP contribution in [0.15, 0.2) is 34.7 Å². The first-order valence-electron chi connectivity index (χ1n) is 6.06. The molecule has 0 fully saturated rings. The van der Waals surface area contributed by atoms with Gasteiger partial charge in [-0.2, -0.15) is 4.39 Å². The van der Waals surface area contributed by atoms with Gasteiger partial charge >= 0.3 is 0 Å². The summed E-state index contributed by atoms with van der Waals surface area (Å²) in [6, 6.07) is 5.70. The molecule has 0 unspecified atom stereocenters. The second kappa shape index (κ2) is 3.98. The molecule has 0 aliphatic carbocycles. The fourth-order valence-corrected chi connectivity index (χ4v) is 1.99. The van der Waals surface area contributed by atoms with E-state index in [2.05, 4.69) is 0 Å². The number of rotatable bonds is 2. The van der Waals surface area contributed by atoms with Crippen molar-refractivity contribution in [1.82, 2.24) is 0 Å². The third kappa shape index (κ3) is 1.45. The molecule has 0 spiro atoms. The van der Waals surface area contributed by atoms with Crippen molar-refractivity contribution in [2.45, 2.75) is 6.92 Å². The van der Waals surface area contributed by atoms with Gasteiger partial charge in [-0.3, -0.25) is 0 Å². The molecule has 0 bridgehead atoms. The van der Waals surface area contributed by atoms with E-state index in [0.717, 1.165) is 0 Å². The SMILES string of the molecule is [2H]c1ccc2c(oc3c(F)c(OCC)ccc32)c1F. The maximum atomic E-state index is 14.1. The summed E-state index contributed by atoms with van der Waals surface area (Å²) in [5.74, 6) is -1.37. The third-order valence-corrected chi connectivity index (χ3v) is 2.76. The molecule has 0 atom stereocenters. The van der Waals surface area contributed by atoms with Gasteiger partial charge in [-0.25, -0.2) is 4.39 Å². The van der Waals surface area contributed by atoms with E-state index in [0.29, 0.717) is 17.4 Å². The average molecular weight is 249 g/mol. The number of fused-ring (bicyclic) bond motifs is 3. The van der Waals surface area contributed by atoms with Crippen molar-refractivity contribution < 1.29 is 19.3 Å². The van der Waals surface area contributed by atoms with Gasteiger partial charge in [-0.15, -0.1) is 0 Å². The number of hydrogen-bond donors (Lipinski definition) is 0. The van der Waals surface area contributed by atoms with Gasteiger partial charge in [0.1, 0.15) is 0 Å². The monoisotopic (exact) mass is 249 g/mol. The number of hydrogen-bond acceptors (Lipinski definition) is 2. The van der Waals surface area contributed by atoms with Crippen LogP contribution in [0.2, 0.25) is 0 Å². The van der Waals surface area contributed by atoms with Crippen LogP contribution in [0.1, 0.15) is 8.29 Å². The molecule has 0 aliphatic heterocycles. The second-order valence-electron chi connectivity index (χ2n) is 3.82. The van der Waals surface area contributed by atoms with Crippen LogP contribution >= 0.6 is 0 Å². The number of furan rings is 1. The van der Waals surface area contributed by atoms with Gasteiger partial charge in [0.2, 0.25) is 5.82 Å². The van der Waals surface area contributed by atoms with E-state index in [9.17, 15) is 8.78 Å². The summed E-state index contributed by atoms with van der Waals surface area (Å²) < 4.78 is 45.7. The zero-order chi connectivity index (χ0) is 13.6. The van der Waals surface area contributed by atoms with Crippen LogP contribution in [0.4, 0.5) is 8.78 Å². The van der Waals surface area contributed by atoms with Gasteiger partial charge in [-0.1, -0.05) is 12.1 Å². The van der Waals surface area contributed by atoms with E-state index < -0.39 is 11.6 Å². The lowest BCUT2D eigenvalue weighted by atomic mass is 10.1. The minimum absolute atomic E-state index is 0.0505. The van der Waals surface area contributed by atoms with Crippen molar-refractivity contribution in [3.05, 3.63) is 41.9 Å². The van der Waals surface area contributed by atoms with Crippen molar-refractivity contribution >= 4 is 21.9 Å². The summed E-state index contributed by atoms with van der Waals surface area (Å²) in [7, 11) is 0. The first-order valence-corrected chi connectivity index (χ1v) is 5.56. The van der Waals surface area contributed by atoms with Gasteiger partial charge < -0.3 is 9.15 Å². The highest BCUT2D eigenvalue weighted by molar-refractivity contribution is 6.05. The third-order valence-electron chi connectivity index (χ3n) is 2.76. The summed E-state index contributed by atoms with van der Waals surface area (Å²) in [5.41, 5.74) is -0.152. The summed E-state index contributed by atoms with van der Waals surface area (Å²) >= 11 is 0. The Morgan fingerprint density at radius 3 is 2.78 bits per heavy atom. The quantitative estimate of drug-likeness (QED) is 0.677. The molecule has 0 amide bonds. The summed E-state index contributed by atoms with van der Waals surface area (Å²) in [6.45, 7) is 2.07. The van der Waals surface area contributed by atoms with E-state index in [1.807, 2.05) is 0 Å². The van der Waals surface area contributed by atoms with Crippen molar-refractivity contribution in [2.24, 2.45) is 0 Å². The van der Waals surface area contributed by atoms with Crippen molar-refractivity contribution in [2.75, 3.05) is 6.61 Å². The zero-order valence-electron chi connectivity index (χ0n) is 10.6. The van der Waals surface area contributed by atoms with E-state index in [-0.39, 0.29) is 23.0 Å². The van der Waals surface area contributed by atoms with Crippen LogP contribution in [0.3, 0.4) is 0 Å². The molecule has 18 heavy (non-hydrogen) atoms. The highest BCUT2D eigenvalue weighted by Crippen LogP contribution is 2.35. The molecule has 3 aromatic rings. The van der Waals surface area contributed by atoms with Crippen LogP contribution in [-0.2, 0) is 0 Å². The second-order valence-corrected chi connectivity index (χ2v) is 3.82. The van der Waals surface area contributed by atoms with E-state index in [4.69, 9.17) is 10.5 Å². The highest BCUT2D eigenvalue weighted by Gasteiger charge is 2.16. The van der Waals surface area contributed by atoms with Gasteiger partial charge in [0, 0.05) is 10.8 Å². The molecule has 4 heteroatoms. The fourth-order valence-electron chi connectivity index (χ4n) is 1.99. The molecular weight excluding hydrogens is 238 g/mol. The minimum Gasteiger partial charge on any atom is -0.491 e. The number of benzene rings is 2. The molecule has 0 N–H and O–H groups in total. The van der Waals surface area contributed by atoms with Crippen molar-refractivity contribution in [3.8, 4) is 5.75 Å². The topological polar surface area (TPSA) is 22.4 Å². The first-order chi connectivity index (χ1) is 9.13. The molecule has 1 heterocycles. The van der Waals surface area contributed by atoms with Crippen LogP contribution in [0, 0.1) is 11.6 Å². The largest absolute Gasteiger partial charge is 0.491 e. The molecule has 0 aliphatic rings. The molecule has 3 rings (SSSR count). The van der Waals surface area contributed by atoms with Gasteiger partial charge in [0.15, 0.2) is 22.7 Å². The Morgan fingerprint density at radius 1 is 1.22 bits per heavy atom. The zero-order valence-corrected chi connectivity index (χ0v) is 9.59. The number of halogens is 2. The van der Waals surface area contributed by atoms with E-state index in [1.54, 1.807) is 19.1 Å². The molecule has 0 radical (unpaired) electrons. The van der Waals surface area contributed by atoms with Crippen LogP contribution in [-0.4, -0.2) is 6.61 Å². The standard InChI is InChI=1S/C14H10F2O2/c1-2-17-11-7-6-9-8-4-3-5-10(15)13(8)18-14(9)12(11)16/h3-7H,2H2,1H3/i5D. The fraction of sp³-hybridized carbons (Fsp3) is 0.143. The average Bonchev–Trinajstić information content (AvgIpc) is 2.78. The molecule has 2 aromatic carbocycles. The molecule has 92 valence electrons. The van der Waals surface area contributed by atoms with E-state index in [1.165, 1.54) is 12.1 Å². The van der Waals surface area contributed by atoms with E-state index >= 15 is 0 Å². The molecule has 1 aromatic heterocycles. The lowest BCUT2D eigenvalue weighted by molar-refractivity contribution is 0.321. The Labute approximate surface area is 103 Å². The Hall–Kier alpha value is -2.10. The first kappa shape index (κ1) is 9.88. The lowest BCUT2D eigenvalue weighted by Crippen LogP contribution is -1.94. The summed E-state index contributed by atoms with van der Waals surface area (Å²) in [6.07, 6.45) is 0.